The molecule has 1 fully saturated rings. The molecule has 2 aromatic carbocycles. The van der Waals surface area contributed by atoms with E-state index in [4.69, 9.17) is 20.4 Å². The highest BCUT2D eigenvalue weighted by Crippen LogP contribution is 2.27. The van der Waals surface area contributed by atoms with Gasteiger partial charge in [0, 0.05) is 42.0 Å². The molecule has 0 spiro atoms. The molecular weight excluding hydrogens is 433 g/mol. The maximum Gasteiger partial charge on any atom is 0.176 e. The van der Waals surface area contributed by atoms with Gasteiger partial charge in [-0.1, -0.05) is 36.4 Å². The first-order chi connectivity index (χ1) is 14.3. The van der Waals surface area contributed by atoms with Crippen molar-refractivity contribution >= 4 is 46.6 Å². The number of ether oxygens (including phenoxy) is 1. The third-order valence-corrected chi connectivity index (χ3v) is 5.61. The van der Waals surface area contributed by atoms with Gasteiger partial charge in [0.05, 0.1) is 30.1 Å². The van der Waals surface area contributed by atoms with Crippen LogP contribution < -0.4 is 5.73 Å². The van der Waals surface area contributed by atoms with Gasteiger partial charge in [0.2, 0.25) is 0 Å². The molecule has 1 aliphatic rings. The van der Waals surface area contributed by atoms with Crippen LogP contribution in [0.3, 0.4) is 0 Å². The summed E-state index contributed by atoms with van der Waals surface area (Å²) in [5, 5.41) is 2.18. The third kappa shape index (κ3) is 5.00. The van der Waals surface area contributed by atoms with Crippen LogP contribution in [0.4, 0.5) is 0 Å². The monoisotopic (exact) mass is 459 g/mol. The standard InChI is InChI=1S/C23H25N5O.2ClH/c24-18(9-10-28-11-13-29-14-12-28)22-17-6-2-4-8-20(17)26-23(27-22)21-15-16-5-1-3-7-19(16)25-21;;/h1-8,15,18,25H,9-14,24H2;2*1H. The van der Waals surface area contributed by atoms with Gasteiger partial charge in [-0.2, -0.15) is 0 Å². The Balaban J connectivity index is 0.00000136. The second-order valence-corrected chi connectivity index (χ2v) is 7.57. The SMILES string of the molecule is Cl.Cl.NC(CCN1CCOCC1)c1nc(-c2cc3ccccc3[nH]2)nc2ccccc12. The number of rotatable bonds is 5. The molecule has 0 radical (unpaired) electrons. The van der Waals surface area contributed by atoms with Crippen LogP contribution in [-0.2, 0) is 4.74 Å². The Labute approximate surface area is 194 Å². The predicted molar refractivity (Wildman–Crippen MR) is 130 cm³/mol. The number of halogens is 2. The molecule has 3 N–H and O–H groups in total. The molecule has 3 heterocycles. The van der Waals surface area contributed by atoms with Crippen molar-refractivity contribution < 1.29 is 4.74 Å². The molecule has 2 aromatic heterocycles. The largest absolute Gasteiger partial charge is 0.379 e. The number of morpholine rings is 1. The van der Waals surface area contributed by atoms with Crippen LogP contribution in [0, 0.1) is 0 Å². The van der Waals surface area contributed by atoms with Crippen molar-refractivity contribution in [2.45, 2.75) is 12.5 Å². The predicted octanol–water partition coefficient (Wildman–Crippen LogP) is 4.34. The Morgan fingerprint density at radius 1 is 1.00 bits per heavy atom. The van der Waals surface area contributed by atoms with E-state index in [1.165, 1.54) is 0 Å². The first-order valence-corrected chi connectivity index (χ1v) is 10.2. The van der Waals surface area contributed by atoms with E-state index in [1.54, 1.807) is 0 Å². The third-order valence-electron chi connectivity index (χ3n) is 5.61. The van der Waals surface area contributed by atoms with Crippen molar-refractivity contribution in [2.75, 3.05) is 32.8 Å². The zero-order chi connectivity index (χ0) is 19.6. The lowest BCUT2D eigenvalue weighted by Gasteiger charge is -2.27. The first kappa shape index (κ1) is 23.4. The summed E-state index contributed by atoms with van der Waals surface area (Å²) in [5.41, 5.74) is 10.5. The van der Waals surface area contributed by atoms with Gasteiger partial charge in [-0.15, -0.1) is 24.8 Å². The zero-order valence-corrected chi connectivity index (χ0v) is 18.8. The van der Waals surface area contributed by atoms with Crippen LogP contribution in [0.1, 0.15) is 18.2 Å². The summed E-state index contributed by atoms with van der Waals surface area (Å²) in [5.74, 6) is 0.691. The Morgan fingerprint density at radius 3 is 2.55 bits per heavy atom. The number of benzene rings is 2. The lowest BCUT2D eigenvalue weighted by molar-refractivity contribution is 0.0366. The fourth-order valence-corrected chi connectivity index (χ4v) is 3.98. The molecule has 4 aromatic rings. The number of para-hydroxylation sites is 2. The molecule has 0 saturated carbocycles. The smallest absolute Gasteiger partial charge is 0.176 e. The molecule has 0 bridgehead atoms. The molecule has 0 amide bonds. The van der Waals surface area contributed by atoms with E-state index in [9.17, 15) is 0 Å². The Bertz CT molecular complexity index is 1110. The number of aromatic nitrogens is 3. The number of H-pyrrole nitrogens is 1. The van der Waals surface area contributed by atoms with Gasteiger partial charge in [0.1, 0.15) is 0 Å². The Kier molecular flexibility index (Phi) is 7.86. The number of fused-ring (bicyclic) bond motifs is 2. The number of hydrogen-bond acceptors (Lipinski definition) is 5. The second-order valence-electron chi connectivity index (χ2n) is 7.57. The summed E-state index contributed by atoms with van der Waals surface area (Å²) in [6, 6.07) is 18.3. The minimum atomic E-state index is -0.145. The highest BCUT2D eigenvalue weighted by Gasteiger charge is 2.18. The van der Waals surface area contributed by atoms with Crippen molar-refractivity contribution in [1.82, 2.24) is 19.9 Å². The van der Waals surface area contributed by atoms with E-state index >= 15 is 0 Å². The molecule has 6 nitrogen and oxygen atoms in total. The summed E-state index contributed by atoms with van der Waals surface area (Å²) in [7, 11) is 0. The molecule has 5 rings (SSSR count). The maximum absolute atomic E-state index is 6.64. The van der Waals surface area contributed by atoms with Crippen LogP contribution in [-0.4, -0.2) is 52.7 Å². The summed E-state index contributed by atoms with van der Waals surface area (Å²) < 4.78 is 5.44. The van der Waals surface area contributed by atoms with Gasteiger partial charge in [-0.05, 0) is 24.6 Å². The van der Waals surface area contributed by atoms with Crippen LogP contribution in [0.5, 0.6) is 0 Å². The van der Waals surface area contributed by atoms with Crippen molar-refractivity contribution in [2.24, 2.45) is 5.73 Å². The number of nitrogens with two attached hydrogens (primary N) is 1. The van der Waals surface area contributed by atoms with Gasteiger partial charge >= 0.3 is 0 Å². The van der Waals surface area contributed by atoms with E-state index in [1.807, 2.05) is 30.3 Å². The number of hydrogen-bond donors (Lipinski definition) is 2. The van der Waals surface area contributed by atoms with Crippen LogP contribution in [0.25, 0.3) is 33.3 Å². The number of aromatic amines is 1. The lowest BCUT2D eigenvalue weighted by Crippen LogP contribution is -2.37. The fourth-order valence-electron chi connectivity index (χ4n) is 3.98. The topological polar surface area (TPSA) is 80.1 Å². The molecule has 1 saturated heterocycles. The average Bonchev–Trinajstić information content (AvgIpc) is 3.22. The first-order valence-electron chi connectivity index (χ1n) is 10.2. The molecule has 1 aliphatic heterocycles. The molecule has 31 heavy (non-hydrogen) atoms. The van der Waals surface area contributed by atoms with E-state index in [2.05, 4.69) is 34.1 Å². The normalized spacial score (nSPS) is 15.4. The summed E-state index contributed by atoms with van der Waals surface area (Å²) >= 11 is 0. The average molecular weight is 460 g/mol. The van der Waals surface area contributed by atoms with Gasteiger partial charge < -0.3 is 15.5 Å². The van der Waals surface area contributed by atoms with Gasteiger partial charge in [-0.3, -0.25) is 4.90 Å². The van der Waals surface area contributed by atoms with Gasteiger partial charge in [0.25, 0.3) is 0 Å². The van der Waals surface area contributed by atoms with Crippen molar-refractivity contribution in [1.29, 1.82) is 0 Å². The summed E-state index contributed by atoms with van der Waals surface area (Å²) in [6.07, 6.45) is 0.854. The van der Waals surface area contributed by atoms with Crippen LogP contribution in [0.15, 0.2) is 54.6 Å². The Hall–Kier alpha value is -2.22. The lowest BCUT2D eigenvalue weighted by atomic mass is 10.0. The quantitative estimate of drug-likeness (QED) is 0.463. The summed E-state index contributed by atoms with van der Waals surface area (Å²) in [4.78, 5) is 15.6. The molecule has 0 aliphatic carbocycles. The van der Waals surface area contributed by atoms with E-state index in [0.29, 0.717) is 5.82 Å². The minimum absolute atomic E-state index is 0. The molecule has 8 heteroatoms. The molecular formula is C23H27Cl2N5O. The second kappa shape index (κ2) is 10.4. The fraction of sp³-hybridized carbons (Fsp3) is 0.304. The number of nitrogens with zero attached hydrogens (tertiary/aromatic N) is 3. The highest BCUT2D eigenvalue weighted by atomic mass is 35.5. The van der Waals surface area contributed by atoms with Gasteiger partial charge in [-0.25, -0.2) is 9.97 Å². The molecule has 1 atom stereocenters. The highest BCUT2D eigenvalue weighted by molar-refractivity contribution is 5.87. The van der Waals surface area contributed by atoms with E-state index in [0.717, 1.165) is 72.5 Å². The van der Waals surface area contributed by atoms with Crippen LogP contribution >= 0.6 is 24.8 Å². The van der Waals surface area contributed by atoms with Crippen LogP contribution in [0.2, 0.25) is 0 Å². The molecule has 1 unspecified atom stereocenters. The van der Waals surface area contributed by atoms with Gasteiger partial charge in [0.15, 0.2) is 5.82 Å². The van der Waals surface area contributed by atoms with E-state index in [-0.39, 0.29) is 30.9 Å². The maximum atomic E-state index is 6.64. The van der Waals surface area contributed by atoms with E-state index < -0.39 is 0 Å². The van der Waals surface area contributed by atoms with Crippen molar-refractivity contribution in [3.63, 3.8) is 0 Å². The Morgan fingerprint density at radius 2 is 1.74 bits per heavy atom. The minimum Gasteiger partial charge on any atom is -0.379 e. The van der Waals surface area contributed by atoms with Crippen molar-refractivity contribution in [3.05, 3.63) is 60.3 Å². The van der Waals surface area contributed by atoms with Crippen molar-refractivity contribution in [3.8, 4) is 11.5 Å². The number of nitrogens with one attached hydrogen (secondary N) is 1. The zero-order valence-electron chi connectivity index (χ0n) is 17.2. The summed E-state index contributed by atoms with van der Waals surface area (Å²) in [6.45, 7) is 4.49. The molecule has 164 valence electrons.